The van der Waals surface area contributed by atoms with Gasteiger partial charge < -0.3 is 0 Å². The molecule has 1 nitrogen and oxygen atoms in total. The molecule has 5 aromatic rings. The Morgan fingerprint density at radius 2 is 1.43 bits per heavy atom. The SMILES string of the molecule is Cc1c(-c2[c-]ccc(-c3ccccc3)c2)nc2cccc3c2c1-c1ccccc1-3.[Ir]. The second kappa shape index (κ2) is 7.32. The van der Waals surface area contributed by atoms with Gasteiger partial charge in [-0.25, -0.2) is 0 Å². The molecule has 1 aromatic heterocycles. The molecule has 0 saturated carbocycles. The first-order valence-corrected chi connectivity index (χ1v) is 9.92. The third kappa shape index (κ3) is 2.76. The van der Waals surface area contributed by atoms with Gasteiger partial charge in [0.2, 0.25) is 0 Å². The molecule has 1 aliphatic carbocycles. The Balaban J connectivity index is 0.00000193. The number of benzene rings is 4. The van der Waals surface area contributed by atoms with Crippen molar-refractivity contribution in [3.63, 3.8) is 0 Å². The van der Waals surface area contributed by atoms with Crippen LogP contribution in [0.3, 0.4) is 0 Å². The van der Waals surface area contributed by atoms with Gasteiger partial charge in [-0.15, -0.1) is 35.4 Å². The van der Waals surface area contributed by atoms with E-state index in [1.165, 1.54) is 44.3 Å². The maximum Gasteiger partial charge on any atom is 0.0608 e. The van der Waals surface area contributed by atoms with Crippen molar-refractivity contribution in [3.05, 3.63) is 103 Å². The van der Waals surface area contributed by atoms with Gasteiger partial charge in [0.15, 0.2) is 0 Å². The first-order chi connectivity index (χ1) is 14.3. The molecule has 0 saturated heterocycles. The second-order valence-corrected chi connectivity index (χ2v) is 7.56. The summed E-state index contributed by atoms with van der Waals surface area (Å²) in [6, 6.07) is 35.4. The van der Waals surface area contributed by atoms with Gasteiger partial charge in [-0.05, 0) is 46.5 Å². The first kappa shape index (κ1) is 18.9. The van der Waals surface area contributed by atoms with Crippen LogP contribution in [0.25, 0.3) is 55.5 Å². The van der Waals surface area contributed by atoms with Crippen LogP contribution in [0, 0.1) is 13.0 Å². The topological polar surface area (TPSA) is 12.9 Å². The van der Waals surface area contributed by atoms with Crippen LogP contribution in [-0.4, -0.2) is 4.98 Å². The average molecular weight is 561 g/mol. The molecule has 0 unspecified atom stereocenters. The molecule has 1 aliphatic rings. The Hall–Kier alpha value is -3.06. The van der Waals surface area contributed by atoms with Crippen LogP contribution in [0.4, 0.5) is 0 Å². The van der Waals surface area contributed by atoms with Crippen molar-refractivity contribution in [1.82, 2.24) is 4.98 Å². The van der Waals surface area contributed by atoms with Crippen LogP contribution >= 0.6 is 0 Å². The van der Waals surface area contributed by atoms with Gasteiger partial charge in [-0.3, -0.25) is 4.98 Å². The van der Waals surface area contributed by atoms with Crippen molar-refractivity contribution in [1.29, 1.82) is 0 Å². The minimum Gasteiger partial charge on any atom is -0.296 e. The van der Waals surface area contributed by atoms with Crippen molar-refractivity contribution >= 4 is 10.9 Å². The standard InChI is InChI=1S/C28H18N.Ir/c1-18-26-23-14-6-5-13-22(23)24-15-8-16-25(27(24)26)29-28(18)21-12-7-11-20(17-21)19-9-3-2-4-10-19;/h2-11,13-17H,1H3;/q-1;. The van der Waals surface area contributed by atoms with E-state index in [-0.39, 0.29) is 20.1 Å². The summed E-state index contributed by atoms with van der Waals surface area (Å²) in [6.45, 7) is 2.19. The molecule has 1 heterocycles. The number of aromatic nitrogens is 1. The summed E-state index contributed by atoms with van der Waals surface area (Å²) in [5.74, 6) is 0. The Labute approximate surface area is 189 Å². The molecule has 0 spiro atoms. The number of rotatable bonds is 2. The van der Waals surface area contributed by atoms with Crippen LogP contribution in [-0.2, 0) is 20.1 Å². The molecule has 145 valence electrons. The van der Waals surface area contributed by atoms with Gasteiger partial charge >= 0.3 is 0 Å². The minimum absolute atomic E-state index is 0. The smallest absolute Gasteiger partial charge is 0.0608 e. The molecule has 0 N–H and O–H groups in total. The Morgan fingerprint density at radius 3 is 2.27 bits per heavy atom. The Morgan fingerprint density at radius 1 is 0.700 bits per heavy atom. The molecule has 0 fully saturated rings. The summed E-state index contributed by atoms with van der Waals surface area (Å²) in [5, 5.41) is 1.27. The summed E-state index contributed by atoms with van der Waals surface area (Å²) in [6.07, 6.45) is 0. The maximum absolute atomic E-state index is 5.09. The Bertz CT molecular complexity index is 1400. The molecule has 0 bridgehead atoms. The molecule has 1 radical (unpaired) electrons. The zero-order valence-corrected chi connectivity index (χ0v) is 18.8. The quantitative estimate of drug-likeness (QED) is 0.202. The summed E-state index contributed by atoms with van der Waals surface area (Å²) in [7, 11) is 0. The molecule has 4 aromatic carbocycles. The van der Waals surface area contributed by atoms with Crippen LogP contribution in [0.1, 0.15) is 5.56 Å². The fourth-order valence-corrected chi connectivity index (χ4v) is 4.58. The molecule has 2 heteroatoms. The third-order valence-electron chi connectivity index (χ3n) is 5.91. The van der Waals surface area contributed by atoms with E-state index in [1.807, 2.05) is 12.1 Å². The van der Waals surface area contributed by atoms with E-state index in [9.17, 15) is 0 Å². The first-order valence-electron chi connectivity index (χ1n) is 9.92. The largest absolute Gasteiger partial charge is 0.296 e. The minimum atomic E-state index is 0. The monoisotopic (exact) mass is 561 g/mol. The van der Waals surface area contributed by atoms with Gasteiger partial charge in [-0.2, -0.15) is 0 Å². The molecular weight excluding hydrogens is 543 g/mol. The summed E-state index contributed by atoms with van der Waals surface area (Å²) in [4.78, 5) is 5.09. The fraction of sp³-hybridized carbons (Fsp3) is 0.0357. The zero-order valence-electron chi connectivity index (χ0n) is 16.4. The molecule has 0 atom stereocenters. The van der Waals surface area contributed by atoms with Crippen LogP contribution in [0.2, 0.25) is 0 Å². The van der Waals surface area contributed by atoms with Gasteiger partial charge in [0, 0.05) is 25.5 Å². The van der Waals surface area contributed by atoms with E-state index in [1.54, 1.807) is 0 Å². The predicted molar refractivity (Wildman–Crippen MR) is 121 cm³/mol. The third-order valence-corrected chi connectivity index (χ3v) is 5.91. The summed E-state index contributed by atoms with van der Waals surface area (Å²) >= 11 is 0. The van der Waals surface area contributed by atoms with E-state index in [0.717, 1.165) is 16.8 Å². The molecule has 0 aliphatic heterocycles. The molecular formula is C28H18IrN-. The predicted octanol–water partition coefficient (Wildman–Crippen LogP) is 7.32. The van der Waals surface area contributed by atoms with E-state index in [2.05, 4.69) is 91.9 Å². The summed E-state index contributed by atoms with van der Waals surface area (Å²) in [5.41, 5.74) is 11.9. The van der Waals surface area contributed by atoms with Crippen molar-refractivity contribution < 1.29 is 20.1 Å². The van der Waals surface area contributed by atoms with Crippen molar-refractivity contribution in [2.45, 2.75) is 6.92 Å². The van der Waals surface area contributed by atoms with Crippen molar-refractivity contribution in [2.24, 2.45) is 0 Å². The van der Waals surface area contributed by atoms with E-state index >= 15 is 0 Å². The number of hydrogen-bond donors (Lipinski definition) is 0. The van der Waals surface area contributed by atoms with E-state index in [4.69, 9.17) is 4.98 Å². The van der Waals surface area contributed by atoms with Crippen LogP contribution < -0.4 is 0 Å². The van der Waals surface area contributed by atoms with Gasteiger partial charge in [0.25, 0.3) is 0 Å². The second-order valence-electron chi connectivity index (χ2n) is 7.56. The molecule has 6 rings (SSSR count). The van der Waals surface area contributed by atoms with Crippen molar-refractivity contribution in [2.75, 3.05) is 0 Å². The summed E-state index contributed by atoms with van der Waals surface area (Å²) < 4.78 is 0. The Kier molecular flexibility index (Phi) is 4.62. The normalized spacial score (nSPS) is 11.2. The molecule has 30 heavy (non-hydrogen) atoms. The number of hydrogen-bond acceptors (Lipinski definition) is 1. The van der Waals surface area contributed by atoms with Crippen molar-refractivity contribution in [3.8, 4) is 44.6 Å². The van der Waals surface area contributed by atoms with E-state index < -0.39 is 0 Å². The number of pyridine rings is 1. The number of nitrogens with zero attached hydrogens (tertiary/aromatic N) is 1. The van der Waals surface area contributed by atoms with Gasteiger partial charge in [0.05, 0.1) is 5.52 Å². The van der Waals surface area contributed by atoms with Gasteiger partial charge in [-0.1, -0.05) is 72.3 Å². The van der Waals surface area contributed by atoms with Crippen LogP contribution in [0.5, 0.6) is 0 Å². The number of fused-ring (bicyclic) bond motifs is 3. The van der Waals surface area contributed by atoms with E-state index in [0.29, 0.717) is 0 Å². The van der Waals surface area contributed by atoms with Crippen LogP contribution in [0.15, 0.2) is 91.0 Å². The van der Waals surface area contributed by atoms with Gasteiger partial charge in [0.1, 0.15) is 0 Å². The average Bonchev–Trinajstić information content (AvgIpc) is 3.13. The zero-order chi connectivity index (χ0) is 19.4. The fourth-order valence-electron chi connectivity index (χ4n) is 4.58. The maximum atomic E-state index is 5.09. The molecule has 0 amide bonds.